The maximum atomic E-state index is 11.9. The molecule has 1 fully saturated rings. The zero-order valence-corrected chi connectivity index (χ0v) is 11.5. The molecule has 0 saturated carbocycles. The molecule has 0 bridgehead atoms. The molecule has 7 nitrogen and oxygen atoms in total. The van der Waals surface area contributed by atoms with E-state index in [1.165, 1.54) is 4.90 Å². The van der Waals surface area contributed by atoms with Crippen LogP contribution < -0.4 is 0 Å². The molecule has 1 aliphatic rings. The van der Waals surface area contributed by atoms with Crippen molar-refractivity contribution < 1.29 is 14.1 Å². The van der Waals surface area contributed by atoms with Gasteiger partial charge >= 0.3 is 6.09 Å². The average molecular weight is 274 g/mol. The van der Waals surface area contributed by atoms with Crippen molar-refractivity contribution in [3.8, 4) is 0 Å². The van der Waals surface area contributed by atoms with Crippen molar-refractivity contribution in [3.05, 3.63) is 41.3 Å². The number of ether oxygens (including phenoxy) is 1. The Morgan fingerprint density at radius 3 is 2.65 bits per heavy atom. The highest BCUT2D eigenvalue weighted by molar-refractivity contribution is 5.73. The molecule has 1 aliphatic heterocycles. The lowest BCUT2D eigenvalue weighted by atomic mass is 9.85. The number of nitrogens with zero attached hydrogens (tertiary/aromatic N) is 4. The molecule has 1 amide bonds. The molecular weight excluding hydrogens is 260 g/mol. The lowest BCUT2D eigenvalue weighted by Gasteiger charge is -2.32. The molecule has 0 spiro atoms. The summed E-state index contributed by atoms with van der Waals surface area (Å²) in [5.41, 5.74) is 1.28. The number of aryl methyl sites for hydroxylation is 2. The van der Waals surface area contributed by atoms with Crippen LogP contribution in [0.3, 0.4) is 0 Å². The lowest BCUT2D eigenvalue weighted by molar-refractivity contribution is 0.162. The van der Waals surface area contributed by atoms with E-state index in [1.54, 1.807) is 25.6 Å². The first-order valence-corrected chi connectivity index (χ1v) is 6.18. The zero-order chi connectivity index (χ0) is 14.3. The Hall–Kier alpha value is -2.44. The molecule has 0 aliphatic carbocycles. The van der Waals surface area contributed by atoms with E-state index in [2.05, 4.69) is 15.1 Å². The van der Waals surface area contributed by atoms with Gasteiger partial charge in [0.05, 0.1) is 23.1 Å². The van der Waals surface area contributed by atoms with Crippen molar-refractivity contribution in [1.82, 2.24) is 20.0 Å². The highest BCUT2D eigenvalue weighted by atomic mass is 16.6. The largest absolute Gasteiger partial charge is 0.446 e. The molecule has 3 rings (SSSR count). The molecule has 0 N–H and O–H groups in total. The SMILES string of the molecule is Cc1noc(C)c1C1(c2cnccn2)COC(=O)N1C. The summed E-state index contributed by atoms with van der Waals surface area (Å²) in [7, 11) is 1.68. The van der Waals surface area contributed by atoms with Gasteiger partial charge in [-0.05, 0) is 13.8 Å². The predicted octanol–water partition coefficient (Wildman–Crippen LogP) is 1.41. The number of hydrogen-bond donors (Lipinski definition) is 0. The number of amides is 1. The number of aromatic nitrogens is 3. The first-order chi connectivity index (χ1) is 9.57. The second-order valence-electron chi connectivity index (χ2n) is 4.76. The van der Waals surface area contributed by atoms with Crippen LogP contribution in [0.5, 0.6) is 0 Å². The van der Waals surface area contributed by atoms with E-state index in [4.69, 9.17) is 9.26 Å². The minimum Gasteiger partial charge on any atom is -0.446 e. The van der Waals surface area contributed by atoms with Crippen molar-refractivity contribution in [2.75, 3.05) is 13.7 Å². The van der Waals surface area contributed by atoms with Crippen LogP contribution in [-0.4, -0.2) is 39.8 Å². The summed E-state index contributed by atoms with van der Waals surface area (Å²) in [5, 5.41) is 3.97. The van der Waals surface area contributed by atoms with Crippen LogP contribution in [0, 0.1) is 13.8 Å². The van der Waals surface area contributed by atoms with Crippen molar-refractivity contribution in [1.29, 1.82) is 0 Å². The van der Waals surface area contributed by atoms with E-state index in [1.807, 2.05) is 13.8 Å². The van der Waals surface area contributed by atoms with Gasteiger partial charge in [0.25, 0.3) is 0 Å². The lowest BCUT2D eigenvalue weighted by Crippen LogP contribution is -2.44. The van der Waals surface area contributed by atoms with Crippen molar-refractivity contribution in [2.45, 2.75) is 19.4 Å². The fraction of sp³-hybridized carbons (Fsp3) is 0.385. The Kier molecular flexibility index (Phi) is 2.70. The van der Waals surface area contributed by atoms with E-state index in [-0.39, 0.29) is 6.61 Å². The summed E-state index contributed by atoms with van der Waals surface area (Å²) in [6.45, 7) is 3.80. The van der Waals surface area contributed by atoms with E-state index in [0.717, 1.165) is 5.56 Å². The van der Waals surface area contributed by atoms with Gasteiger partial charge in [-0.15, -0.1) is 0 Å². The Bertz CT molecular complexity index is 635. The highest BCUT2D eigenvalue weighted by Gasteiger charge is 2.52. The van der Waals surface area contributed by atoms with Crippen molar-refractivity contribution in [3.63, 3.8) is 0 Å². The molecule has 0 radical (unpaired) electrons. The molecule has 2 aromatic rings. The summed E-state index contributed by atoms with van der Waals surface area (Å²) < 4.78 is 10.5. The summed E-state index contributed by atoms with van der Waals surface area (Å²) in [6.07, 6.45) is 4.40. The molecule has 3 heterocycles. The van der Waals surface area contributed by atoms with Crippen LogP contribution in [0.2, 0.25) is 0 Å². The number of rotatable bonds is 2. The minimum absolute atomic E-state index is 0.157. The Morgan fingerprint density at radius 2 is 2.15 bits per heavy atom. The normalized spacial score (nSPS) is 22.1. The first kappa shape index (κ1) is 12.6. The monoisotopic (exact) mass is 274 g/mol. The molecule has 0 aromatic carbocycles. The van der Waals surface area contributed by atoms with Crippen LogP contribution in [0.4, 0.5) is 4.79 Å². The third-order valence-electron chi connectivity index (χ3n) is 3.68. The average Bonchev–Trinajstić information content (AvgIpc) is 2.94. The molecule has 20 heavy (non-hydrogen) atoms. The Morgan fingerprint density at radius 1 is 1.35 bits per heavy atom. The van der Waals surface area contributed by atoms with Crippen LogP contribution in [0.15, 0.2) is 23.1 Å². The van der Waals surface area contributed by atoms with Crippen LogP contribution in [0.1, 0.15) is 22.7 Å². The fourth-order valence-electron chi connectivity index (χ4n) is 2.72. The van der Waals surface area contributed by atoms with Gasteiger partial charge in [0.15, 0.2) is 5.54 Å². The second kappa shape index (κ2) is 4.29. The highest BCUT2D eigenvalue weighted by Crippen LogP contribution is 2.41. The van der Waals surface area contributed by atoms with Gasteiger partial charge < -0.3 is 9.26 Å². The minimum atomic E-state index is -0.848. The number of carbonyl (C=O) groups is 1. The first-order valence-electron chi connectivity index (χ1n) is 6.18. The van der Waals surface area contributed by atoms with Gasteiger partial charge in [0, 0.05) is 19.4 Å². The third-order valence-corrected chi connectivity index (χ3v) is 3.68. The number of cyclic esters (lactones) is 1. The number of carbonyl (C=O) groups excluding carboxylic acids is 1. The topological polar surface area (TPSA) is 81.4 Å². The summed E-state index contributed by atoms with van der Waals surface area (Å²) >= 11 is 0. The summed E-state index contributed by atoms with van der Waals surface area (Å²) in [6, 6.07) is 0. The van der Waals surface area contributed by atoms with E-state index in [0.29, 0.717) is 17.1 Å². The van der Waals surface area contributed by atoms with Crippen LogP contribution >= 0.6 is 0 Å². The Balaban J connectivity index is 2.28. The number of hydrogen-bond acceptors (Lipinski definition) is 6. The standard InChI is InChI=1S/C13H14N4O3/c1-8-11(9(2)20-16-8)13(7-19-12(18)17(13)3)10-6-14-4-5-15-10/h4-6H,7H2,1-3H3. The van der Waals surface area contributed by atoms with Gasteiger partial charge in [0.2, 0.25) is 0 Å². The quantitative estimate of drug-likeness (QED) is 0.823. The molecular formula is C13H14N4O3. The van der Waals surface area contributed by atoms with E-state index >= 15 is 0 Å². The molecule has 1 atom stereocenters. The van der Waals surface area contributed by atoms with E-state index < -0.39 is 11.6 Å². The van der Waals surface area contributed by atoms with Crippen molar-refractivity contribution >= 4 is 6.09 Å². The molecule has 7 heteroatoms. The van der Waals surface area contributed by atoms with Gasteiger partial charge in [-0.3, -0.25) is 14.9 Å². The number of likely N-dealkylation sites (N-methyl/N-ethyl adjacent to an activating group) is 1. The van der Waals surface area contributed by atoms with Crippen molar-refractivity contribution in [2.24, 2.45) is 0 Å². The molecule has 1 saturated heterocycles. The molecule has 2 aromatic heterocycles. The second-order valence-corrected chi connectivity index (χ2v) is 4.76. The zero-order valence-electron chi connectivity index (χ0n) is 11.5. The predicted molar refractivity (Wildman–Crippen MR) is 67.9 cm³/mol. The summed E-state index contributed by atoms with van der Waals surface area (Å²) in [5.74, 6) is 0.637. The fourth-order valence-corrected chi connectivity index (χ4v) is 2.72. The molecule has 1 unspecified atom stereocenters. The Labute approximate surface area is 115 Å². The van der Waals surface area contributed by atoms with E-state index in [9.17, 15) is 4.79 Å². The van der Waals surface area contributed by atoms with Gasteiger partial charge in [-0.2, -0.15) is 0 Å². The maximum Gasteiger partial charge on any atom is 0.410 e. The third kappa shape index (κ3) is 1.52. The van der Waals surface area contributed by atoms with Crippen LogP contribution in [-0.2, 0) is 10.3 Å². The van der Waals surface area contributed by atoms with Gasteiger partial charge in [-0.1, -0.05) is 5.16 Å². The molecule has 104 valence electrons. The van der Waals surface area contributed by atoms with Gasteiger partial charge in [-0.25, -0.2) is 4.79 Å². The maximum absolute atomic E-state index is 11.9. The summed E-state index contributed by atoms with van der Waals surface area (Å²) in [4.78, 5) is 21.8. The van der Waals surface area contributed by atoms with Gasteiger partial charge in [0.1, 0.15) is 12.4 Å². The van der Waals surface area contributed by atoms with Crippen LogP contribution in [0.25, 0.3) is 0 Å². The smallest absolute Gasteiger partial charge is 0.410 e.